The van der Waals surface area contributed by atoms with E-state index in [0.29, 0.717) is 22.7 Å². The molecule has 0 N–H and O–H groups in total. The number of rotatable bonds is 1. The van der Waals surface area contributed by atoms with Crippen LogP contribution >= 0.6 is 15.9 Å². The van der Waals surface area contributed by atoms with Crippen LogP contribution in [-0.4, -0.2) is 24.9 Å². The van der Waals surface area contributed by atoms with Gasteiger partial charge in [-0.25, -0.2) is 13.4 Å². The minimum Gasteiger partial charge on any atom is -0.436 e. The first-order chi connectivity index (χ1) is 6.57. The molecule has 1 aromatic heterocycles. The fourth-order valence-corrected chi connectivity index (χ4v) is 3.71. The first-order valence-electron chi connectivity index (χ1n) is 4.38. The van der Waals surface area contributed by atoms with Gasteiger partial charge < -0.3 is 4.42 Å². The molecule has 0 saturated carbocycles. The highest BCUT2D eigenvalue weighted by Gasteiger charge is 2.28. The van der Waals surface area contributed by atoms with E-state index in [4.69, 9.17) is 4.42 Å². The number of aromatic nitrogens is 1. The molecule has 0 aliphatic carbocycles. The molecule has 0 aromatic carbocycles. The molecule has 1 unspecified atom stereocenters. The summed E-state index contributed by atoms with van der Waals surface area (Å²) in [5, 5.41) is 0. The largest absolute Gasteiger partial charge is 0.436 e. The fourth-order valence-electron chi connectivity index (χ4n) is 1.70. The van der Waals surface area contributed by atoms with Crippen LogP contribution in [0.4, 0.5) is 0 Å². The van der Waals surface area contributed by atoms with Crippen molar-refractivity contribution in [3.8, 4) is 0 Å². The summed E-state index contributed by atoms with van der Waals surface area (Å²) in [6.45, 7) is 0. The molecule has 1 atom stereocenters. The van der Waals surface area contributed by atoms with Crippen LogP contribution in [0.3, 0.4) is 0 Å². The predicted octanol–water partition coefficient (Wildman–Crippen LogP) is 1.73. The van der Waals surface area contributed by atoms with E-state index in [0.717, 1.165) is 6.42 Å². The summed E-state index contributed by atoms with van der Waals surface area (Å²) >= 11 is 3.10. The molecule has 2 rings (SSSR count). The van der Waals surface area contributed by atoms with E-state index >= 15 is 0 Å². The lowest BCUT2D eigenvalue weighted by molar-refractivity contribution is 0.431. The molecule has 0 spiro atoms. The molecule has 78 valence electrons. The van der Waals surface area contributed by atoms with Gasteiger partial charge in [0.2, 0.25) is 0 Å². The Labute approximate surface area is 90.8 Å². The van der Waals surface area contributed by atoms with Gasteiger partial charge in [0, 0.05) is 21.8 Å². The summed E-state index contributed by atoms with van der Waals surface area (Å²) in [4.78, 5) is 4.31. The lowest BCUT2D eigenvalue weighted by Crippen LogP contribution is -2.23. The third kappa shape index (κ3) is 2.17. The molecule has 1 aromatic rings. The Hall–Kier alpha value is -0.360. The van der Waals surface area contributed by atoms with Crippen molar-refractivity contribution in [2.24, 2.45) is 0 Å². The van der Waals surface area contributed by atoms with Gasteiger partial charge in [-0.05, 0) is 12.8 Å². The van der Waals surface area contributed by atoms with Gasteiger partial charge in [0.25, 0.3) is 4.80 Å². The number of sulfone groups is 1. The summed E-state index contributed by atoms with van der Waals surface area (Å²) in [7, 11) is -2.87. The molecule has 1 saturated heterocycles. The summed E-state index contributed by atoms with van der Waals surface area (Å²) < 4.78 is 28.0. The summed E-state index contributed by atoms with van der Waals surface area (Å²) in [5.41, 5.74) is 0. The van der Waals surface area contributed by atoms with Crippen LogP contribution in [0.25, 0.3) is 0 Å². The Bertz CT molecular complexity index is 426. The number of oxazole rings is 1. The maximum atomic E-state index is 11.4. The lowest BCUT2D eigenvalue weighted by Gasteiger charge is -2.19. The van der Waals surface area contributed by atoms with Crippen LogP contribution in [0.15, 0.2) is 15.4 Å². The van der Waals surface area contributed by atoms with Crippen molar-refractivity contribution in [1.82, 2.24) is 4.98 Å². The first-order valence-corrected chi connectivity index (χ1v) is 7.00. The van der Waals surface area contributed by atoms with Crippen LogP contribution in [0, 0.1) is 0 Å². The molecule has 4 nitrogen and oxygen atoms in total. The minimum absolute atomic E-state index is 0.0208. The summed E-state index contributed by atoms with van der Waals surface area (Å²) in [6, 6.07) is 0. The van der Waals surface area contributed by atoms with Gasteiger partial charge in [-0.3, -0.25) is 0 Å². The topological polar surface area (TPSA) is 60.2 Å². The third-order valence-electron chi connectivity index (χ3n) is 2.36. The Morgan fingerprint density at radius 1 is 1.57 bits per heavy atom. The second-order valence-electron chi connectivity index (χ2n) is 3.47. The molecule has 1 fully saturated rings. The highest BCUT2D eigenvalue weighted by atomic mass is 79.9. The second-order valence-corrected chi connectivity index (χ2v) is 6.38. The van der Waals surface area contributed by atoms with Crippen molar-refractivity contribution in [3.05, 3.63) is 16.8 Å². The van der Waals surface area contributed by atoms with Crippen molar-refractivity contribution in [1.29, 1.82) is 0 Å². The zero-order chi connectivity index (χ0) is 10.2. The number of nitrogens with zero attached hydrogens (tertiary/aromatic N) is 1. The average molecular weight is 280 g/mol. The van der Waals surface area contributed by atoms with E-state index in [-0.39, 0.29) is 11.7 Å². The average Bonchev–Trinajstić information content (AvgIpc) is 2.50. The standard InChI is InChI=1S/C8H10BrNO3S/c9-8-10-4-7(13-8)6-2-1-3-14(11,12)5-6/h4,6H,1-3,5H2. The van der Waals surface area contributed by atoms with E-state index in [1.807, 2.05) is 0 Å². The second kappa shape index (κ2) is 3.66. The zero-order valence-electron chi connectivity index (χ0n) is 7.44. The van der Waals surface area contributed by atoms with Gasteiger partial charge in [-0.1, -0.05) is 0 Å². The minimum atomic E-state index is -2.87. The van der Waals surface area contributed by atoms with Crippen molar-refractivity contribution >= 4 is 25.8 Å². The molecule has 1 aliphatic heterocycles. The highest BCUT2D eigenvalue weighted by molar-refractivity contribution is 9.10. The fraction of sp³-hybridized carbons (Fsp3) is 0.625. The van der Waals surface area contributed by atoms with Gasteiger partial charge in [-0.15, -0.1) is 0 Å². The van der Waals surface area contributed by atoms with Gasteiger partial charge in [0.1, 0.15) is 5.76 Å². The molecule has 14 heavy (non-hydrogen) atoms. The van der Waals surface area contributed by atoms with Crippen molar-refractivity contribution in [2.75, 3.05) is 11.5 Å². The van der Waals surface area contributed by atoms with E-state index in [1.165, 1.54) is 0 Å². The Kier molecular flexibility index (Phi) is 2.66. The maximum Gasteiger partial charge on any atom is 0.264 e. The van der Waals surface area contributed by atoms with E-state index in [1.54, 1.807) is 6.20 Å². The third-order valence-corrected chi connectivity index (χ3v) is 4.55. The van der Waals surface area contributed by atoms with Gasteiger partial charge in [-0.2, -0.15) is 0 Å². The summed E-state index contributed by atoms with van der Waals surface area (Å²) in [6.07, 6.45) is 3.17. The van der Waals surface area contributed by atoms with E-state index in [9.17, 15) is 8.42 Å². The van der Waals surface area contributed by atoms with Gasteiger partial charge >= 0.3 is 0 Å². The molecule has 6 heteroatoms. The highest BCUT2D eigenvalue weighted by Crippen LogP contribution is 2.29. The lowest BCUT2D eigenvalue weighted by atomic mass is 10.0. The SMILES string of the molecule is O=S1(=O)CCCC(c2cnc(Br)o2)C1. The molecule has 0 radical (unpaired) electrons. The number of hydrogen-bond donors (Lipinski definition) is 0. The van der Waals surface area contributed by atoms with Crippen molar-refractivity contribution in [2.45, 2.75) is 18.8 Å². The normalized spacial score (nSPS) is 26.2. The zero-order valence-corrected chi connectivity index (χ0v) is 9.84. The van der Waals surface area contributed by atoms with Crippen LogP contribution in [0.2, 0.25) is 0 Å². The smallest absolute Gasteiger partial charge is 0.264 e. The van der Waals surface area contributed by atoms with Gasteiger partial charge in [0.15, 0.2) is 9.84 Å². The first kappa shape index (κ1) is 10.2. The predicted molar refractivity (Wildman–Crippen MR) is 54.8 cm³/mol. The quantitative estimate of drug-likeness (QED) is 0.786. The van der Waals surface area contributed by atoms with E-state index in [2.05, 4.69) is 20.9 Å². The number of halogens is 1. The Morgan fingerprint density at radius 3 is 2.93 bits per heavy atom. The van der Waals surface area contributed by atoms with Gasteiger partial charge in [0.05, 0.1) is 17.7 Å². The molecule has 0 bridgehead atoms. The van der Waals surface area contributed by atoms with E-state index < -0.39 is 9.84 Å². The van der Waals surface area contributed by atoms with Crippen LogP contribution in [0.1, 0.15) is 24.5 Å². The molecular weight excluding hydrogens is 270 g/mol. The maximum absolute atomic E-state index is 11.4. The molecule has 2 heterocycles. The van der Waals surface area contributed by atoms with Crippen LogP contribution in [0.5, 0.6) is 0 Å². The van der Waals surface area contributed by atoms with Crippen LogP contribution in [-0.2, 0) is 9.84 Å². The Balaban J connectivity index is 2.20. The summed E-state index contributed by atoms with van der Waals surface area (Å²) in [5.74, 6) is 1.14. The monoisotopic (exact) mass is 279 g/mol. The Morgan fingerprint density at radius 2 is 2.36 bits per heavy atom. The van der Waals surface area contributed by atoms with Crippen molar-refractivity contribution in [3.63, 3.8) is 0 Å². The number of hydrogen-bond acceptors (Lipinski definition) is 4. The molecular formula is C8H10BrNO3S. The molecule has 0 amide bonds. The molecule has 1 aliphatic rings. The van der Waals surface area contributed by atoms with Crippen molar-refractivity contribution < 1.29 is 12.8 Å². The van der Waals surface area contributed by atoms with Crippen LogP contribution < -0.4 is 0 Å².